The predicted octanol–water partition coefficient (Wildman–Crippen LogP) is 8.93. The molecule has 0 saturated carbocycles. The van der Waals surface area contributed by atoms with Gasteiger partial charge in [0.25, 0.3) is 0 Å². The van der Waals surface area contributed by atoms with Gasteiger partial charge in [-0.3, -0.25) is 0 Å². The van der Waals surface area contributed by atoms with Crippen molar-refractivity contribution in [2.45, 2.75) is 89.1 Å². The Hall–Kier alpha value is -8.86. The van der Waals surface area contributed by atoms with E-state index in [0.29, 0.717) is 0 Å². The molecular formula is C80H76Cl2N4O8. The molecule has 0 aromatic heterocycles. The van der Waals surface area contributed by atoms with Crippen molar-refractivity contribution in [1.82, 2.24) is 0 Å². The number of fused-ring (bicyclic) bond motifs is 8. The zero-order chi connectivity index (χ0) is 66.8. The molecule has 0 amide bonds. The third-order valence-corrected chi connectivity index (χ3v) is 18.9. The zero-order valence-corrected chi connectivity index (χ0v) is 55.2. The summed E-state index contributed by atoms with van der Waals surface area (Å²) in [6.45, 7) is 25.9. The van der Waals surface area contributed by atoms with E-state index in [1.54, 1.807) is 0 Å². The summed E-state index contributed by atoms with van der Waals surface area (Å²) in [7, 11) is -9.89. The highest BCUT2D eigenvalue weighted by Crippen LogP contribution is 2.52. The maximum atomic E-state index is 8.49. The second-order valence-corrected chi connectivity index (χ2v) is 27.3. The Morgan fingerprint density at radius 3 is 1.09 bits per heavy atom. The highest BCUT2D eigenvalue weighted by atomic mass is 35.7. The molecule has 4 aliphatic rings. The summed E-state index contributed by atoms with van der Waals surface area (Å²) in [6.07, 6.45) is 20.1. The summed E-state index contributed by atoms with van der Waals surface area (Å²) >= 11 is 0. The van der Waals surface area contributed by atoms with Gasteiger partial charge in [-0.1, -0.05) is 194 Å². The molecule has 0 saturated heterocycles. The van der Waals surface area contributed by atoms with E-state index in [0.717, 1.165) is 39.0 Å². The molecule has 0 N–H and O–H groups in total. The van der Waals surface area contributed by atoms with E-state index in [4.69, 9.17) is 37.3 Å². The monoisotopic (exact) mass is 1290 g/mol. The normalized spacial score (nSPS) is 19.4. The molecule has 0 bridgehead atoms. The van der Waals surface area contributed by atoms with E-state index in [-0.39, 0.29) is 21.7 Å². The summed E-state index contributed by atoms with van der Waals surface area (Å²) < 4.78 is 73.1. The number of benzene rings is 9. The maximum Gasteiger partial charge on any atom is 0.210 e. The van der Waals surface area contributed by atoms with Crippen molar-refractivity contribution in [1.29, 1.82) is 0 Å². The van der Waals surface area contributed by atoms with Crippen LogP contribution >= 0.6 is 0 Å². The first-order valence-electron chi connectivity index (χ1n) is 31.3. The molecule has 0 spiro atoms. The Morgan fingerprint density at radius 1 is 0.394 bits per heavy atom. The molecule has 2 unspecified atom stereocenters. The lowest BCUT2D eigenvalue weighted by Gasteiger charge is -2.30. The third kappa shape index (κ3) is 13.6. The molecule has 94 heavy (non-hydrogen) atoms. The Balaban J connectivity index is 0.000000840. The Labute approximate surface area is 555 Å². The second kappa shape index (κ2) is 26.9. The summed E-state index contributed by atoms with van der Waals surface area (Å²) in [5.74, 6) is 0. The van der Waals surface area contributed by atoms with Crippen molar-refractivity contribution < 1.29 is 66.9 Å². The van der Waals surface area contributed by atoms with Gasteiger partial charge in [-0.05, 0) is 135 Å². The molecule has 0 aliphatic carbocycles. The minimum atomic E-state index is -4.94. The first-order valence-corrected chi connectivity index (χ1v) is 33.8. The van der Waals surface area contributed by atoms with Crippen LogP contribution in [0.4, 0.5) is 22.7 Å². The number of para-hydroxylation sites is 2. The molecule has 12 nitrogen and oxygen atoms in total. The number of nitrogens with zero attached hydrogens (tertiary/aromatic N) is 4. The highest BCUT2D eigenvalue weighted by Gasteiger charge is 2.49. The summed E-state index contributed by atoms with van der Waals surface area (Å²) in [6, 6.07) is 76.4. The average molecular weight is 1290 g/mol. The van der Waals surface area contributed by atoms with Crippen molar-refractivity contribution in [3.05, 3.63) is 324 Å². The molecule has 0 fully saturated rings. The molecule has 13 rings (SSSR count). The van der Waals surface area contributed by atoms with Gasteiger partial charge in [0.1, 0.15) is 0 Å². The number of rotatable bonds is 16. The molecule has 478 valence electrons. The Morgan fingerprint density at radius 2 is 0.723 bits per heavy atom. The van der Waals surface area contributed by atoms with E-state index in [9.17, 15) is 0 Å². The first kappa shape index (κ1) is 66.6. The summed E-state index contributed by atoms with van der Waals surface area (Å²) in [5, 5.41) is 5.15. The molecular weight excluding hydrogens is 1220 g/mol. The lowest BCUT2D eigenvalue weighted by atomic mass is 9.76. The zero-order valence-electron chi connectivity index (χ0n) is 53.7. The number of allylic oxidation sites excluding steroid dienone is 8. The quantitative estimate of drug-likeness (QED) is 0.0665. The minimum absolute atomic E-state index is 0.241. The van der Waals surface area contributed by atoms with Crippen LogP contribution in [0.2, 0.25) is 0 Å². The highest BCUT2D eigenvalue weighted by molar-refractivity contribution is 6.09. The van der Waals surface area contributed by atoms with Gasteiger partial charge >= 0.3 is 0 Å². The van der Waals surface area contributed by atoms with Crippen LogP contribution < -0.4 is 47.1 Å². The van der Waals surface area contributed by atoms with Crippen LogP contribution in [0, 0.1) is 20.5 Å². The van der Waals surface area contributed by atoms with Crippen LogP contribution in [0.1, 0.15) is 86.1 Å². The molecule has 14 heteroatoms. The number of anilines is 2. The fraction of sp³-hybridized carbons (Fsp3) is 0.200. The Bertz CT molecular complexity index is 4220. The molecule has 9 aromatic carbocycles. The van der Waals surface area contributed by atoms with Crippen LogP contribution in [0.15, 0.2) is 279 Å². The van der Waals surface area contributed by atoms with Gasteiger partial charge in [-0.25, -0.2) is 37.3 Å². The molecule has 9 aromatic rings. The maximum absolute atomic E-state index is 8.49. The topological polar surface area (TPSA) is 197 Å². The SMILES string of the molecule is C=CCN1/C(=C/C=C/C2=[N+](Cc3ccc(C[N+]4=C(/C=C/C=C5/N(CC=C)c6ccccc6C5(C)Cc5ccccc5)C(C)(C)c5c4ccc4ccccc54)cc3)c3ccc4ccccc4c3C2(C)C)C(C)(Cc2ccccc2)c2ccccc21.[O-][Cl+3]([O-])([O-])[O-].[O-][Cl+3]([O-])([O-])[O-]. The van der Waals surface area contributed by atoms with Crippen molar-refractivity contribution in [2.24, 2.45) is 0 Å². The molecule has 2 atom stereocenters. The van der Waals surface area contributed by atoms with Gasteiger partial charge in [0.15, 0.2) is 24.5 Å². The molecule has 4 aliphatic heterocycles. The van der Waals surface area contributed by atoms with Gasteiger partial charge < -0.3 is 9.80 Å². The van der Waals surface area contributed by atoms with Crippen LogP contribution in [-0.2, 0) is 47.6 Å². The van der Waals surface area contributed by atoms with Crippen molar-refractivity contribution in [3.8, 4) is 0 Å². The van der Waals surface area contributed by atoms with Crippen molar-refractivity contribution >= 4 is 55.7 Å². The number of halogens is 2. The summed E-state index contributed by atoms with van der Waals surface area (Å²) in [5.41, 5.74) is 19.8. The van der Waals surface area contributed by atoms with Crippen LogP contribution in [0.5, 0.6) is 0 Å². The van der Waals surface area contributed by atoms with Crippen LogP contribution in [-0.4, -0.2) is 33.7 Å². The molecule has 4 heterocycles. The lowest BCUT2D eigenvalue weighted by Crippen LogP contribution is -2.68. The fourth-order valence-corrected chi connectivity index (χ4v) is 15.0. The smallest absolute Gasteiger partial charge is 0.210 e. The van der Waals surface area contributed by atoms with E-state index in [2.05, 4.69) is 316 Å². The second-order valence-electron chi connectivity index (χ2n) is 25.8. The standard InChI is InChI=1S/C80H76N4.2ClHO4/c1-9-51-81-67-37-23-21-35-65(67)79(7,53-57-27-13-11-14-28-57)73(81)41-25-39-71-77(3,4)75-63-33-19-17-31-61(63)47-49-69(75)83(71)55-59-43-45-60(46-44-59)56-84-70-50-48-62-32-18-20-34-64(62)76(70)78(5,6)72(84)40-26-42-74-80(8,54-58-29-15-12-16-30-58)66-36-22-24-38-68(66)82(74)52-10-2;2*2-1(3,4)5/h9-50H,1-2,51-56H2,3-8H3;2*(H,2,3,4,5)/q+2;;/p-2. The van der Waals surface area contributed by atoms with Gasteiger partial charge in [0.2, 0.25) is 11.4 Å². The Kier molecular flexibility index (Phi) is 19.0. The number of hydrogen-bond donors (Lipinski definition) is 0. The van der Waals surface area contributed by atoms with Crippen LogP contribution in [0.25, 0.3) is 21.5 Å². The van der Waals surface area contributed by atoms with Crippen molar-refractivity contribution in [2.75, 3.05) is 22.9 Å². The summed E-state index contributed by atoms with van der Waals surface area (Å²) in [4.78, 5) is 4.94. The van der Waals surface area contributed by atoms with Gasteiger partial charge in [0, 0.05) is 93.2 Å². The molecule has 0 radical (unpaired) electrons. The van der Waals surface area contributed by atoms with Gasteiger partial charge in [-0.2, -0.15) is 9.15 Å². The largest absolute Gasteiger partial charge is 0.340 e. The van der Waals surface area contributed by atoms with E-state index in [1.807, 2.05) is 12.2 Å². The fourth-order valence-electron chi connectivity index (χ4n) is 15.0. The van der Waals surface area contributed by atoms with Gasteiger partial charge in [-0.15, -0.1) is 33.6 Å². The van der Waals surface area contributed by atoms with E-state index < -0.39 is 20.5 Å². The third-order valence-electron chi connectivity index (χ3n) is 18.9. The minimum Gasteiger partial charge on any atom is -0.340 e. The number of hydrogen-bond acceptors (Lipinski definition) is 10. The predicted molar refractivity (Wildman–Crippen MR) is 355 cm³/mol. The van der Waals surface area contributed by atoms with Gasteiger partial charge in [0.05, 0.1) is 10.8 Å². The van der Waals surface area contributed by atoms with E-state index in [1.165, 1.54) is 112 Å². The van der Waals surface area contributed by atoms with Crippen LogP contribution in [0.3, 0.4) is 0 Å². The van der Waals surface area contributed by atoms with Crippen molar-refractivity contribution in [3.63, 3.8) is 0 Å². The lowest BCUT2D eigenvalue weighted by molar-refractivity contribution is -2.00. The first-order chi connectivity index (χ1) is 44.8. The van der Waals surface area contributed by atoms with E-state index >= 15 is 0 Å². The average Bonchev–Trinajstić information content (AvgIpc) is 1.59.